The van der Waals surface area contributed by atoms with Gasteiger partial charge in [-0.1, -0.05) is 5.21 Å². The van der Waals surface area contributed by atoms with Crippen LogP contribution in [0, 0.1) is 17.5 Å². The van der Waals surface area contributed by atoms with Crippen LogP contribution in [0.1, 0.15) is 17.7 Å². The Bertz CT molecular complexity index is 1290. The minimum atomic E-state index is -1.26. The molecule has 0 spiro atoms. The molecule has 4 rings (SSSR count). The van der Waals surface area contributed by atoms with E-state index in [4.69, 9.17) is 20.4 Å². The summed E-state index contributed by atoms with van der Waals surface area (Å²) in [4.78, 5) is 33.4. The summed E-state index contributed by atoms with van der Waals surface area (Å²) in [6.07, 6.45) is 4.06. The SMILES string of the molecule is N[C@@H](CC(=O)N1CCn2nnc(-c3ccoc3)c2C1)Cc1cc(F)c(F)cc1F.O=C(O)/C=C/C(=O)O. The van der Waals surface area contributed by atoms with Crippen molar-refractivity contribution < 1.29 is 42.2 Å². The summed E-state index contributed by atoms with van der Waals surface area (Å²) in [7, 11) is 0. The van der Waals surface area contributed by atoms with Gasteiger partial charge >= 0.3 is 11.9 Å². The highest BCUT2D eigenvalue weighted by Crippen LogP contribution is 2.25. The Labute approximate surface area is 207 Å². The maximum Gasteiger partial charge on any atom is 0.328 e. The lowest BCUT2D eigenvalue weighted by Crippen LogP contribution is -2.41. The van der Waals surface area contributed by atoms with E-state index >= 15 is 0 Å². The maximum absolute atomic E-state index is 13.8. The van der Waals surface area contributed by atoms with Crippen molar-refractivity contribution in [1.82, 2.24) is 19.9 Å². The molecule has 0 saturated carbocycles. The van der Waals surface area contributed by atoms with E-state index in [-0.39, 0.29) is 24.3 Å². The number of carbonyl (C=O) groups is 3. The Morgan fingerprint density at radius 3 is 2.38 bits per heavy atom. The number of carbonyl (C=O) groups excluding carboxylic acids is 1. The molecule has 3 heterocycles. The van der Waals surface area contributed by atoms with Crippen LogP contribution in [0.2, 0.25) is 0 Å². The van der Waals surface area contributed by atoms with Crippen LogP contribution in [0.5, 0.6) is 0 Å². The molecule has 1 amide bonds. The zero-order chi connectivity index (χ0) is 27.1. The fraction of sp³-hybridized carbons (Fsp3) is 0.261. The number of rotatable bonds is 7. The second kappa shape index (κ2) is 12.0. The van der Waals surface area contributed by atoms with Gasteiger partial charge in [0.25, 0.3) is 0 Å². The largest absolute Gasteiger partial charge is 0.478 e. The van der Waals surface area contributed by atoms with E-state index in [2.05, 4.69) is 10.3 Å². The second-order valence-electron chi connectivity index (χ2n) is 7.97. The summed E-state index contributed by atoms with van der Waals surface area (Å²) in [5.74, 6) is -6.03. The van der Waals surface area contributed by atoms with Crippen LogP contribution in [-0.2, 0) is 33.9 Å². The van der Waals surface area contributed by atoms with E-state index in [1.807, 2.05) is 0 Å². The van der Waals surface area contributed by atoms with Crippen LogP contribution in [0.4, 0.5) is 13.2 Å². The number of furan rings is 1. The molecule has 1 aliphatic rings. The van der Waals surface area contributed by atoms with Gasteiger partial charge in [0.2, 0.25) is 5.91 Å². The molecule has 0 fully saturated rings. The average Bonchev–Trinajstić information content (AvgIpc) is 3.51. The number of hydrogen-bond acceptors (Lipinski definition) is 7. The zero-order valence-electron chi connectivity index (χ0n) is 19.2. The van der Waals surface area contributed by atoms with Crippen molar-refractivity contribution in [2.45, 2.75) is 32.0 Å². The maximum atomic E-state index is 13.8. The first-order valence-corrected chi connectivity index (χ1v) is 10.8. The molecular formula is C23H22F3N5O6. The molecule has 4 N–H and O–H groups in total. The normalized spacial score (nSPS) is 13.6. The molecule has 2 aromatic heterocycles. The zero-order valence-corrected chi connectivity index (χ0v) is 19.2. The topological polar surface area (TPSA) is 165 Å². The van der Waals surface area contributed by atoms with E-state index in [9.17, 15) is 27.6 Å². The number of benzene rings is 1. The van der Waals surface area contributed by atoms with Crippen molar-refractivity contribution in [3.05, 3.63) is 71.6 Å². The monoisotopic (exact) mass is 521 g/mol. The minimum absolute atomic E-state index is 0.0545. The van der Waals surface area contributed by atoms with Crippen LogP contribution < -0.4 is 5.73 Å². The van der Waals surface area contributed by atoms with Gasteiger partial charge in [0.1, 0.15) is 11.5 Å². The number of fused-ring (bicyclic) bond motifs is 1. The van der Waals surface area contributed by atoms with E-state index in [1.54, 1.807) is 21.9 Å². The number of carboxylic acids is 2. The van der Waals surface area contributed by atoms with E-state index in [0.29, 0.717) is 43.5 Å². The lowest BCUT2D eigenvalue weighted by atomic mass is 10.0. The van der Waals surface area contributed by atoms with E-state index < -0.39 is 35.4 Å². The van der Waals surface area contributed by atoms with Crippen molar-refractivity contribution in [2.75, 3.05) is 6.54 Å². The van der Waals surface area contributed by atoms with Gasteiger partial charge in [0, 0.05) is 42.8 Å². The third kappa shape index (κ3) is 7.27. The van der Waals surface area contributed by atoms with Crippen molar-refractivity contribution >= 4 is 17.8 Å². The van der Waals surface area contributed by atoms with E-state index in [0.717, 1.165) is 17.3 Å². The predicted octanol–water partition coefficient (Wildman–Crippen LogP) is 1.97. The average molecular weight is 521 g/mol. The van der Waals surface area contributed by atoms with E-state index in [1.165, 1.54) is 6.26 Å². The molecule has 0 aliphatic carbocycles. The molecule has 11 nitrogen and oxygen atoms in total. The molecule has 14 heteroatoms. The van der Waals surface area contributed by atoms with Gasteiger partial charge in [-0.05, 0) is 24.1 Å². The summed E-state index contributed by atoms with van der Waals surface area (Å²) < 4.78 is 47.0. The van der Waals surface area contributed by atoms with Crippen molar-refractivity contribution in [1.29, 1.82) is 0 Å². The summed E-state index contributed by atoms with van der Waals surface area (Å²) in [5.41, 5.74) is 8.11. The number of nitrogens with zero attached hydrogens (tertiary/aromatic N) is 4. The van der Waals surface area contributed by atoms with Gasteiger partial charge < -0.3 is 25.3 Å². The van der Waals surface area contributed by atoms with Crippen LogP contribution in [-0.4, -0.2) is 60.5 Å². The van der Waals surface area contributed by atoms with Gasteiger partial charge in [0.05, 0.1) is 31.3 Å². The molecule has 1 atom stereocenters. The number of hydrogen-bond donors (Lipinski definition) is 3. The predicted molar refractivity (Wildman–Crippen MR) is 120 cm³/mol. The smallest absolute Gasteiger partial charge is 0.328 e. The Morgan fingerprint density at radius 2 is 1.76 bits per heavy atom. The van der Waals surface area contributed by atoms with Crippen LogP contribution in [0.15, 0.2) is 47.3 Å². The van der Waals surface area contributed by atoms with Gasteiger partial charge in [-0.3, -0.25) is 4.79 Å². The lowest BCUT2D eigenvalue weighted by molar-refractivity contribution is -0.134. The Balaban J connectivity index is 0.000000414. The highest BCUT2D eigenvalue weighted by Gasteiger charge is 2.27. The van der Waals surface area contributed by atoms with Gasteiger partial charge in [-0.2, -0.15) is 0 Å². The molecule has 0 bridgehead atoms. The molecule has 37 heavy (non-hydrogen) atoms. The van der Waals surface area contributed by atoms with Crippen molar-refractivity contribution in [2.24, 2.45) is 5.73 Å². The first-order valence-electron chi connectivity index (χ1n) is 10.8. The molecule has 1 aliphatic heterocycles. The summed E-state index contributed by atoms with van der Waals surface area (Å²) >= 11 is 0. The van der Waals surface area contributed by atoms with Crippen molar-refractivity contribution in [3.63, 3.8) is 0 Å². The fourth-order valence-corrected chi connectivity index (χ4v) is 3.55. The first-order chi connectivity index (χ1) is 17.5. The molecule has 196 valence electrons. The second-order valence-corrected chi connectivity index (χ2v) is 7.97. The van der Waals surface area contributed by atoms with Crippen LogP contribution >= 0.6 is 0 Å². The standard InChI is InChI=1S/C19H18F3N5O2.C4H4O4/c20-14-8-16(22)15(21)6-12(14)5-13(23)7-18(28)26-2-3-27-17(9-26)19(24-25-27)11-1-4-29-10-11;5-3(6)1-2-4(7)8/h1,4,6,8,10,13H,2-3,5,7,9,23H2;1-2H,(H,5,6)(H,7,8)/b;2-1+/t13-;/m1./s1. The highest BCUT2D eigenvalue weighted by molar-refractivity contribution is 5.89. The van der Waals surface area contributed by atoms with Crippen LogP contribution in [0.25, 0.3) is 11.3 Å². The molecular weight excluding hydrogens is 499 g/mol. The highest BCUT2D eigenvalue weighted by atomic mass is 19.2. The number of aliphatic carboxylic acids is 2. The Hall–Kier alpha value is -4.46. The molecule has 0 unspecified atom stereocenters. The van der Waals surface area contributed by atoms with Gasteiger partial charge in [0.15, 0.2) is 11.6 Å². The minimum Gasteiger partial charge on any atom is -0.478 e. The summed E-state index contributed by atoms with van der Waals surface area (Å²) in [6.45, 7) is 1.23. The number of halogens is 3. The number of amides is 1. The summed E-state index contributed by atoms with van der Waals surface area (Å²) in [5, 5.41) is 23.9. The third-order valence-corrected chi connectivity index (χ3v) is 5.28. The molecule has 0 saturated heterocycles. The van der Waals surface area contributed by atoms with Crippen molar-refractivity contribution in [3.8, 4) is 11.3 Å². The van der Waals surface area contributed by atoms with Crippen LogP contribution in [0.3, 0.4) is 0 Å². The number of nitrogens with two attached hydrogens (primary N) is 1. The third-order valence-electron chi connectivity index (χ3n) is 5.28. The Kier molecular flexibility index (Phi) is 8.79. The fourth-order valence-electron chi connectivity index (χ4n) is 3.55. The Morgan fingerprint density at radius 1 is 1.08 bits per heavy atom. The first kappa shape index (κ1) is 27.1. The number of aromatic nitrogens is 3. The molecule has 0 radical (unpaired) electrons. The summed E-state index contributed by atoms with van der Waals surface area (Å²) in [6, 6.07) is 2.28. The van der Waals surface area contributed by atoms with Gasteiger partial charge in [-0.15, -0.1) is 5.10 Å². The number of carboxylic acid groups (broad SMARTS) is 2. The van der Waals surface area contributed by atoms with Gasteiger partial charge in [-0.25, -0.2) is 27.4 Å². The lowest BCUT2D eigenvalue weighted by Gasteiger charge is -2.28. The molecule has 3 aromatic rings. The molecule has 1 aromatic carbocycles. The quantitative estimate of drug-likeness (QED) is 0.311.